The largest absolute Gasteiger partial charge is 0.481 e. The lowest BCUT2D eigenvalue weighted by atomic mass is 9.43. The number of aliphatic carboxylic acids is 3. The van der Waals surface area contributed by atoms with Gasteiger partial charge in [0.05, 0.1) is 31.7 Å². The van der Waals surface area contributed by atoms with Gasteiger partial charge < -0.3 is 30.3 Å². The summed E-state index contributed by atoms with van der Waals surface area (Å²) in [6, 6.07) is 0.128. The van der Waals surface area contributed by atoms with Crippen molar-refractivity contribution < 1.29 is 54.2 Å². The van der Waals surface area contributed by atoms with Crippen molar-refractivity contribution >= 4 is 29.5 Å². The molecule has 46 heavy (non-hydrogen) atoms. The first kappa shape index (κ1) is 36.4. The molecule has 0 unspecified atom stereocenters. The summed E-state index contributed by atoms with van der Waals surface area (Å²) in [6.45, 7) is 11.1. The van der Waals surface area contributed by atoms with Crippen molar-refractivity contribution in [2.75, 3.05) is 19.7 Å². The van der Waals surface area contributed by atoms with Crippen molar-refractivity contribution in [3.63, 3.8) is 0 Å². The van der Waals surface area contributed by atoms with Gasteiger partial charge in [0.25, 0.3) is 0 Å². The van der Waals surface area contributed by atoms with Crippen LogP contribution in [0.15, 0.2) is 0 Å². The van der Waals surface area contributed by atoms with Gasteiger partial charge in [-0.05, 0) is 80.5 Å². The number of aliphatic hydroxyl groups is 2. The number of ketones is 2. The van der Waals surface area contributed by atoms with Gasteiger partial charge in [0, 0.05) is 37.4 Å². The minimum atomic E-state index is -2.74. The minimum absolute atomic E-state index is 0.0436. The maximum absolute atomic E-state index is 13.9. The van der Waals surface area contributed by atoms with Gasteiger partial charge >= 0.3 is 17.9 Å². The third-order valence-corrected chi connectivity index (χ3v) is 12.4. The zero-order valence-corrected chi connectivity index (χ0v) is 27.7. The van der Waals surface area contributed by atoms with E-state index in [1.807, 2.05) is 0 Å². The third-order valence-electron chi connectivity index (χ3n) is 12.4. The molecule has 0 aromatic rings. The van der Waals surface area contributed by atoms with E-state index in [-0.39, 0.29) is 46.7 Å². The summed E-state index contributed by atoms with van der Waals surface area (Å²) in [7, 11) is 0. The molecule has 1 saturated heterocycles. The van der Waals surface area contributed by atoms with E-state index in [9.17, 15) is 29.1 Å². The summed E-state index contributed by atoms with van der Waals surface area (Å²) < 4.78 is 5.99. The summed E-state index contributed by atoms with van der Waals surface area (Å²) >= 11 is 0. The van der Waals surface area contributed by atoms with Gasteiger partial charge in [-0.2, -0.15) is 0 Å². The molecule has 4 saturated carbocycles. The number of hydrogen-bond acceptors (Lipinski definition) is 9. The molecule has 0 bridgehead atoms. The Morgan fingerprint density at radius 1 is 1.00 bits per heavy atom. The molecule has 5 fully saturated rings. The van der Waals surface area contributed by atoms with Gasteiger partial charge in [-0.25, -0.2) is 4.79 Å². The average Bonchev–Trinajstić information content (AvgIpc) is 3.29. The SMILES string of the molecule is CCC[C@@H]1CN([C@H]2C[C@@]3(C)[C@@H](CC[C@H]4[C@@H]5CC[C@H](C(C)=O)[C@@]5(C)CC(=O)[C@@H]43)C[C@@H]2O)CCO1.O=C(O)CC(O)(CC(=O)O)C(=O)O. The summed E-state index contributed by atoms with van der Waals surface area (Å²) in [5.41, 5.74) is -2.92. The second-order valence-electron chi connectivity index (χ2n) is 15.2. The van der Waals surface area contributed by atoms with Crippen LogP contribution in [0.2, 0.25) is 0 Å². The number of nitrogens with zero attached hydrogens (tertiary/aromatic N) is 1. The van der Waals surface area contributed by atoms with Crippen LogP contribution < -0.4 is 0 Å². The molecule has 0 amide bonds. The molecule has 12 heteroatoms. The van der Waals surface area contributed by atoms with Crippen LogP contribution in [0, 0.1) is 40.4 Å². The molecule has 10 atom stereocenters. The van der Waals surface area contributed by atoms with E-state index in [0.717, 1.165) is 71.1 Å². The fourth-order valence-electron chi connectivity index (χ4n) is 10.4. The Morgan fingerprint density at radius 2 is 1.65 bits per heavy atom. The van der Waals surface area contributed by atoms with Crippen molar-refractivity contribution in [3.05, 3.63) is 0 Å². The highest BCUT2D eigenvalue weighted by Gasteiger charge is 2.64. The maximum atomic E-state index is 13.9. The van der Waals surface area contributed by atoms with Crippen LogP contribution in [0.5, 0.6) is 0 Å². The zero-order valence-electron chi connectivity index (χ0n) is 27.7. The van der Waals surface area contributed by atoms with E-state index in [4.69, 9.17) is 25.2 Å². The Bertz CT molecular complexity index is 1170. The molecule has 0 aromatic heterocycles. The number of carbonyl (C=O) groups excluding carboxylic acids is 2. The molecule has 5 rings (SSSR count). The Hall–Kier alpha value is -2.41. The molecule has 1 heterocycles. The zero-order chi connectivity index (χ0) is 34.2. The predicted octanol–water partition coefficient (Wildman–Crippen LogP) is 3.01. The summed E-state index contributed by atoms with van der Waals surface area (Å²) in [6.07, 6.45) is 6.45. The Balaban J connectivity index is 0.000000315. The second-order valence-corrected chi connectivity index (χ2v) is 15.2. The first-order valence-electron chi connectivity index (χ1n) is 16.9. The van der Waals surface area contributed by atoms with Gasteiger partial charge in [0.1, 0.15) is 11.6 Å². The maximum Gasteiger partial charge on any atom is 0.336 e. The van der Waals surface area contributed by atoms with E-state index < -0.39 is 36.4 Å². The van der Waals surface area contributed by atoms with Crippen molar-refractivity contribution in [2.45, 2.75) is 122 Å². The number of hydrogen-bond donors (Lipinski definition) is 5. The minimum Gasteiger partial charge on any atom is -0.481 e. The first-order chi connectivity index (χ1) is 21.5. The van der Waals surface area contributed by atoms with E-state index >= 15 is 0 Å². The average molecular weight is 652 g/mol. The molecule has 0 radical (unpaired) electrons. The molecule has 260 valence electrons. The van der Waals surface area contributed by atoms with Gasteiger partial charge in [-0.3, -0.25) is 24.1 Å². The molecular weight excluding hydrogens is 598 g/mol. The lowest BCUT2D eigenvalue weighted by Gasteiger charge is -2.61. The first-order valence-corrected chi connectivity index (χ1v) is 16.9. The van der Waals surface area contributed by atoms with E-state index in [1.165, 1.54) is 0 Å². The van der Waals surface area contributed by atoms with Crippen LogP contribution in [0.1, 0.15) is 98.3 Å². The van der Waals surface area contributed by atoms with Gasteiger partial charge in [-0.1, -0.05) is 27.2 Å². The van der Waals surface area contributed by atoms with Gasteiger partial charge in [-0.15, -0.1) is 0 Å². The number of aliphatic hydroxyl groups excluding tert-OH is 1. The van der Waals surface area contributed by atoms with Crippen LogP contribution in [-0.2, 0) is 28.7 Å². The lowest BCUT2D eigenvalue weighted by Crippen LogP contribution is -2.63. The number of Topliss-reactive ketones (excluding diaryl/α,β-unsaturated/α-hetero) is 2. The number of fused-ring (bicyclic) bond motifs is 5. The summed E-state index contributed by atoms with van der Waals surface area (Å²) in [4.78, 5) is 59.3. The second kappa shape index (κ2) is 14.0. The molecule has 0 aromatic carbocycles. The van der Waals surface area contributed by atoms with Crippen LogP contribution in [0.25, 0.3) is 0 Å². The molecule has 1 aliphatic heterocycles. The Labute approximate surface area is 270 Å². The van der Waals surface area contributed by atoms with Crippen molar-refractivity contribution in [3.8, 4) is 0 Å². The smallest absolute Gasteiger partial charge is 0.336 e. The van der Waals surface area contributed by atoms with E-state index in [1.54, 1.807) is 6.92 Å². The van der Waals surface area contributed by atoms with Crippen molar-refractivity contribution in [2.24, 2.45) is 40.4 Å². The van der Waals surface area contributed by atoms with E-state index in [2.05, 4.69) is 25.7 Å². The number of ether oxygens (including phenoxy) is 1. The molecule has 12 nitrogen and oxygen atoms in total. The van der Waals surface area contributed by atoms with Crippen LogP contribution >= 0.6 is 0 Å². The van der Waals surface area contributed by atoms with Gasteiger partial charge in [0.15, 0.2) is 5.60 Å². The quantitative estimate of drug-likeness (QED) is 0.245. The standard InChI is InChI=1S/C28H45NO4.C6H8O7/c1-5-6-19-16-29(11-12-33-19)23-14-27(3)18(13-24(23)31)7-8-20-22-10-9-21(17(2)30)28(22,4)15-25(32)26(20)27;7-3(8)1-6(13,5(11)12)2-4(9)10/h18-24,26,31H,5-16H2,1-4H3;13H,1-2H2,(H,7,8)(H,9,10)(H,11,12)/t18-,19+,20-,21+,22-,23-,24-,26+,27-,28+;/m0./s1. The van der Waals surface area contributed by atoms with Crippen LogP contribution in [-0.4, -0.2) is 103 Å². The van der Waals surface area contributed by atoms with E-state index in [0.29, 0.717) is 30.0 Å². The number of rotatable bonds is 9. The lowest BCUT2D eigenvalue weighted by molar-refractivity contribution is -0.173. The predicted molar refractivity (Wildman–Crippen MR) is 165 cm³/mol. The monoisotopic (exact) mass is 651 g/mol. The third kappa shape index (κ3) is 7.05. The summed E-state index contributed by atoms with van der Waals surface area (Å²) in [5, 5.41) is 45.0. The Kier molecular flexibility index (Phi) is 11.1. The normalized spacial score (nSPS) is 39.2. The van der Waals surface area contributed by atoms with Gasteiger partial charge in [0.2, 0.25) is 0 Å². The van der Waals surface area contributed by atoms with Crippen LogP contribution in [0.3, 0.4) is 0 Å². The highest BCUT2D eigenvalue weighted by Crippen LogP contribution is 2.66. The number of morpholine rings is 1. The molecule has 0 spiro atoms. The molecule has 5 N–H and O–H groups in total. The van der Waals surface area contributed by atoms with Crippen molar-refractivity contribution in [1.29, 1.82) is 0 Å². The number of carboxylic acid groups (broad SMARTS) is 3. The Morgan fingerprint density at radius 3 is 2.22 bits per heavy atom. The number of carboxylic acids is 3. The van der Waals surface area contributed by atoms with Crippen LogP contribution in [0.4, 0.5) is 0 Å². The highest BCUT2D eigenvalue weighted by atomic mass is 16.5. The number of carbonyl (C=O) groups is 5. The molecule has 5 aliphatic rings. The van der Waals surface area contributed by atoms with Crippen molar-refractivity contribution in [1.82, 2.24) is 4.90 Å². The highest BCUT2D eigenvalue weighted by molar-refractivity contribution is 5.88. The fourth-order valence-corrected chi connectivity index (χ4v) is 10.4. The fraction of sp³-hybridized carbons (Fsp3) is 0.853. The summed E-state index contributed by atoms with van der Waals surface area (Å²) in [5.74, 6) is -2.83. The topological polar surface area (TPSA) is 199 Å². The molecular formula is C34H53NO11. The molecule has 4 aliphatic carbocycles.